The number of nitrogens with zero attached hydrogens (tertiary/aromatic N) is 2. The van der Waals surface area contributed by atoms with E-state index in [4.69, 9.17) is 5.73 Å². The van der Waals surface area contributed by atoms with Gasteiger partial charge in [0.25, 0.3) is 5.91 Å². The summed E-state index contributed by atoms with van der Waals surface area (Å²) >= 11 is 0. The van der Waals surface area contributed by atoms with Gasteiger partial charge in [-0.2, -0.15) is 0 Å². The Labute approximate surface area is 181 Å². The molecule has 0 spiro atoms. The largest absolute Gasteiger partial charge is 0.383 e. The zero-order chi connectivity index (χ0) is 22.1. The fourth-order valence-corrected chi connectivity index (χ4v) is 4.35. The first-order valence-electron chi connectivity index (χ1n) is 10.6. The molecule has 1 fully saturated rings. The number of nitrogen functional groups attached to an aromatic ring is 1. The Kier molecular flexibility index (Phi) is 5.63. The number of piperidine rings is 1. The van der Waals surface area contributed by atoms with E-state index in [1.165, 1.54) is 6.20 Å². The standard InChI is InChI=1S/C23H27N5O3/c1-13-3-6-19(16-4-5-18-15(10-16)7-8-25-21(18)29)28(12-13)23(31)22(30)27-17-9-14(2)20(24)26-11-17/h4-5,9-11,13,19H,3,6-8,12H2,1-2H3,(H2,24,26)(H,25,29)(H,27,30)/t13-,19+/m0/s1. The number of pyridine rings is 1. The molecule has 1 aromatic carbocycles. The second-order valence-electron chi connectivity index (χ2n) is 8.46. The molecular weight excluding hydrogens is 394 g/mol. The predicted octanol–water partition coefficient (Wildman–Crippen LogP) is 2.20. The number of aryl methyl sites for hydroxylation is 1. The molecule has 31 heavy (non-hydrogen) atoms. The van der Waals surface area contributed by atoms with Crippen LogP contribution in [0.2, 0.25) is 0 Å². The minimum Gasteiger partial charge on any atom is -0.383 e. The Balaban J connectivity index is 1.57. The van der Waals surface area contributed by atoms with Gasteiger partial charge in [-0.3, -0.25) is 14.4 Å². The van der Waals surface area contributed by atoms with Crippen LogP contribution < -0.4 is 16.4 Å². The predicted molar refractivity (Wildman–Crippen MR) is 117 cm³/mol. The second-order valence-corrected chi connectivity index (χ2v) is 8.46. The van der Waals surface area contributed by atoms with Gasteiger partial charge in [0, 0.05) is 18.7 Å². The highest BCUT2D eigenvalue weighted by Gasteiger charge is 2.35. The number of aromatic nitrogens is 1. The molecule has 0 radical (unpaired) electrons. The van der Waals surface area contributed by atoms with Gasteiger partial charge < -0.3 is 21.3 Å². The number of rotatable bonds is 2. The van der Waals surface area contributed by atoms with Crippen LogP contribution in [-0.4, -0.2) is 40.7 Å². The molecule has 1 aromatic heterocycles. The summed E-state index contributed by atoms with van der Waals surface area (Å²) in [6.07, 6.45) is 3.94. The molecule has 2 aliphatic rings. The lowest BCUT2D eigenvalue weighted by atomic mass is 9.87. The van der Waals surface area contributed by atoms with Gasteiger partial charge in [0.15, 0.2) is 0 Å². The van der Waals surface area contributed by atoms with Crippen molar-refractivity contribution in [3.63, 3.8) is 0 Å². The van der Waals surface area contributed by atoms with E-state index < -0.39 is 11.8 Å². The van der Waals surface area contributed by atoms with Gasteiger partial charge >= 0.3 is 11.8 Å². The molecule has 2 atom stereocenters. The number of likely N-dealkylation sites (tertiary alicyclic amines) is 1. The quantitative estimate of drug-likeness (QED) is 0.643. The Morgan fingerprint density at radius 3 is 2.84 bits per heavy atom. The van der Waals surface area contributed by atoms with Crippen molar-refractivity contribution in [2.24, 2.45) is 5.92 Å². The smallest absolute Gasteiger partial charge is 0.313 e. The van der Waals surface area contributed by atoms with E-state index in [0.29, 0.717) is 36.1 Å². The third-order valence-corrected chi connectivity index (χ3v) is 6.09. The van der Waals surface area contributed by atoms with Gasteiger partial charge in [0.1, 0.15) is 5.82 Å². The highest BCUT2D eigenvalue weighted by Crippen LogP contribution is 2.34. The van der Waals surface area contributed by atoms with Gasteiger partial charge in [-0.1, -0.05) is 19.1 Å². The van der Waals surface area contributed by atoms with E-state index in [0.717, 1.165) is 36.0 Å². The minimum atomic E-state index is -0.692. The highest BCUT2D eigenvalue weighted by molar-refractivity contribution is 6.39. The third kappa shape index (κ3) is 4.23. The molecule has 0 saturated carbocycles. The normalized spacial score (nSPS) is 20.6. The number of amides is 3. The van der Waals surface area contributed by atoms with Crippen LogP contribution in [0.15, 0.2) is 30.5 Å². The fraction of sp³-hybridized carbons (Fsp3) is 0.391. The molecule has 4 rings (SSSR count). The van der Waals surface area contributed by atoms with Crippen LogP contribution in [0.4, 0.5) is 11.5 Å². The van der Waals surface area contributed by atoms with E-state index in [9.17, 15) is 14.4 Å². The molecule has 0 bridgehead atoms. The van der Waals surface area contributed by atoms with E-state index in [1.54, 1.807) is 17.9 Å². The van der Waals surface area contributed by atoms with Crippen molar-refractivity contribution >= 4 is 29.2 Å². The molecule has 1 saturated heterocycles. The lowest BCUT2D eigenvalue weighted by molar-refractivity contribution is -0.146. The van der Waals surface area contributed by atoms with Crippen LogP contribution >= 0.6 is 0 Å². The summed E-state index contributed by atoms with van der Waals surface area (Å²) in [5, 5.41) is 5.49. The Hall–Kier alpha value is -3.42. The lowest BCUT2D eigenvalue weighted by Gasteiger charge is -2.39. The molecule has 8 heteroatoms. The third-order valence-electron chi connectivity index (χ3n) is 6.09. The lowest BCUT2D eigenvalue weighted by Crippen LogP contribution is -2.46. The maximum absolute atomic E-state index is 13.1. The van der Waals surface area contributed by atoms with E-state index in [-0.39, 0.29) is 11.9 Å². The van der Waals surface area contributed by atoms with Gasteiger partial charge in [-0.15, -0.1) is 0 Å². The van der Waals surface area contributed by atoms with Crippen molar-refractivity contribution in [3.8, 4) is 0 Å². The zero-order valence-electron chi connectivity index (χ0n) is 17.8. The number of hydrogen-bond donors (Lipinski definition) is 3. The summed E-state index contributed by atoms with van der Waals surface area (Å²) in [6.45, 7) is 4.99. The monoisotopic (exact) mass is 421 g/mol. The van der Waals surface area contributed by atoms with E-state index >= 15 is 0 Å². The van der Waals surface area contributed by atoms with Gasteiger partial charge in [0.05, 0.1) is 17.9 Å². The van der Waals surface area contributed by atoms with Crippen LogP contribution in [0.3, 0.4) is 0 Å². The summed E-state index contributed by atoms with van der Waals surface area (Å²) in [6, 6.07) is 7.23. The highest BCUT2D eigenvalue weighted by atomic mass is 16.2. The topological polar surface area (TPSA) is 117 Å². The SMILES string of the molecule is Cc1cc(NC(=O)C(=O)N2C[C@@H](C)CC[C@@H]2c2ccc3c(c2)CCNC3=O)cnc1N. The van der Waals surface area contributed by atoms with Crippen LogP contribution in [0.5, 0.6) is 0 Å². The van der Waals surface area contributed by atoms with Crippen molar-refractivity contribution in [1.82, 2.24) is 15.2 Å². The van der Waals surface area contributed by atoms with Crippen molar-refractivity contribution in [2.75, 3.05) is 24.1 Å². The van der Waals surface area contributed by atoms with Crippen LogP contribution in [0.1, 0.15) is 52.9 Å². The summed E-state index contributed by atoms with van der Waals surface area (Å²) in [4.78, 5) is 43.6. The number of nitrogens with two attached hydrogens (primary N) is 1. The van der Waals surface area contributed by atoms with Gasteiger partial charge in [-0.05, 0) is 60.9 Å². The van der Waals surface area contributed by atoms with Crippen LogP contribution in [-0.2, 0) is 16.0 Å². The van der Waals surface area contributed by atoms with Crippen molar-refractivity contribution in [3.05, 3.63) is 52.7 Å². The van der Waals surface area contributed by atoms with Gasteiger partial charge in [-0.25, -0.2) is 4.98 Å². The number of carbonyl (C=O) groups is 3. The van der Waals surface area contributed by atoms with Crippen LogP contribution in [0.25, 0.3) is 0 Å². The molecule has 2 aliphatic heterocycles. The zero-order valence-corrected chi connectivity index (χ0v) is 17.8. The van der Waals surface area contributed by atoms with E-state index in [2.05, 4.69) is 22.5 Å². The average molecular weight is 422 g/mol. The Morgan fingerprint density at radius 1 is 1.26 bits per heavy atom. The number of fused-ring (bicyclic) bond motifs is 1. The number of hydrogen-bond acceptors (Lipinski definition) is 5. The summed E-state index contributed by atoms with van der Waals surface area (Å²) in [5.41, 5.74) is 9.53. The summed E-state index contributed by atoms with van der Waals surface area (Å²) in [7, 11) is 0. The van der Waals surface area contributed by atoms with Gasteiger partial charge in [0.2, 0.25) is 0 Å². The molecular formula is C23H27N5O3. The molecule has 8 nitrogen and oxygen atoms in total. The summed E-state index contributed by atoms with van der Waals surface area (Å²) < 4.78 is 0. The molecule has 3 amide bonds. The maximum atomic E-state index is 13.1. The number of anilines is 2. The Morgan fingerprint density at radius 2 is 2.06 bits per heavy atom. The number of carbonyl (C=O) groups excluding carboxylic acids is 3. The molecule has 0 unspecified atom stereocenters. The first-order valence-corrected chi connectivity index (χ1v) is 10.6. The number of benzene rings is 1. The number of nitrogens with one attached hydrogen (secondary N) is 2. The minimum absolute atomic E-state index is 0.0650. The van der Waals surface area contributed by atoms with Crippen molar-refractivity contribution in [1.29, 1.82) is 0 Å². The average Bonchev–Trinajstić information content (AvgIpc) is 2.75. The summed E-state index contributed by atoms with van der Waals surface area (Å²) in [5.74, 6) is -0.638. The first kappa shape index (κ1) is 20.8. The van der Waals surface area contributed by atoms with Crippen LogP contribution in [0, 0.1) is 12.8 Å². The maximum Gasteiger partial charge on any atom is 0.313 e. The molecule has 0 aliphatic carbocycles. The Bertz CT molecular complexity index is 1050. The van der Waals surface area contributed by atoms with Crippen molar-refractivity contribution < 1.29 is 14.4 Å². The van der Waals surface area contributed by atoms with Crippen molar-refractivity contribution in [2.45, 2.75) is 39.2 Å². The molecule has 162 valence electrons. The molecule has 2 aromatic rings. The second kappa shape index (κ2) is 8.37. The molecule has 3 heterocycles. The first-order chi connectivity index (χ1) is 14.8. The fourth-order valence-electron chi connectivity index (χ4n) is 4.35. The van der Waals surface area contributed by atoms with E-state index in [1.807, 2.05) is 18.2 Å². The molecule has 4 N–H and O–H groups in total.